The van der Waals surface area contributed by atoms with Crippen LogP contribution in [0.3, 0.4) is 0 Å². The molecule has 1 aliphatic carbocycles. The number of thiophene rings is 1. The van der Waals surface area contributed by atoms with E-state index in [2.05, 4.69) is 44.8 Å². The fraction of sp³-hybridized carbons (Fsp3) is 0.609. The molecule has 0 saturated carbocycles. The number of hydrogen-bond acceptors (Lipinski definition) is 6. The molecule has 1 fully saturated rings. The molecule has 1 N–H and O–H groups in total. The smallest absolute Gasteiger partial charge is 0.252 e. The third kappa shape index (κ3) is 4.23. The topological polar surface area (TPSA) is 67.4 Å². The summed E-state index contributed by atoms with van der Waals surface area (Å²) in [4.78, 5) is 26.0. The van der Waals surface area contributed by atoms with Crippen LogP contribution in [0.5, 0.6) is 0 Å². The van der Waals surface area contributed by atoms with E-state index in [1.165, 1.54) is 4.88 Å². The molecule has 2 aromatic rings. The third-order valence-electron chi connectivity index (χ3n) is 6.20. The van der Waals surface area contributed by atoms with E-state index in [4.69, 9.17) is 14.7 Å². The monoisotopic (exact) mass is 428 g/mol. The van der Waals surface area contributed by atoms with Gasteiger partial charge in [0.15, 0.2) is 0 Å². The lowest BCUT2D eigenvalue weighted by molar-refractivity contribution is -0.00575. The summed E-state index contributed by atoms with van der Waals surface area (Å²) in [5, 5.41) is 5.22. The molecule has 6 nitrogen and oxygen atoms in total. The van der Waals surface area contributed by atoms with Crippen molar-refractivity contribution < 1.29 is 9.53 Å². The second-order valence-electron chi connectivity index (χ2n) is 9.64. The lowest BCUT2D eigenvalue weighted by Gasteiger charge is -2.38. The highest BCUT2D eigenvalue weighted by Gasteiger charge is 2.35. The van der Waals surface area contributed by atoms with Gasteiger partial charge in [-0.25, -0.2) is 9.97 Å². The number of anilines is 1. The molecule has 3 unspecified atom stereocenters. The molecule has 0 aromatic carbocycles. The second-order valence-corrected chi connectivity index (χ2v) is 10.7. The first-order valence-corrected chi connectivity index (χ1v) is 11.6. The summed E-state index contributed by atoms with van der Waals surface area (Å²) >= 11 is 1.62. The number of fused-ring (bicyclic) bond motifs is 1. The maximum absolute atomic E-state index is 13.0. The predicted molar refractivity (Wildman–Crippen MR) is 120 cm³/mol. The van der Waals surface area contributed by atoms with E-state index in [9.17, 15) is 4.79 Å². The number of hydrogen-bond donors (Lipinski definition) is 1. The number of aryl methyl sites for hydroxylation is 1. The average molecular weight is 429 g/mol. The van der Waals surface area contributed by atoms with Crippen LogP contribution in [0, 0.1) is 19.3 Å². The Morgan fingerprint density at radius 1 is 1.27 bits per heavy atom. The Balaban J connectivity index is 1.61. The molecule has 0 spiro atoms. The SMILES string of the molecule is Cc1scc(C(=O)NC2CC(C)(C)Cc3nc(N4CC(C)OC(C)C4)ncc32)c1C. The number of morpholine rings is 1. The van der Waals surface area contributed by atoms with Gasteiger partial charge in [-0.15, -0.1) is 11.3 Å². The molecule has 1 saturated heterocycles. The zero-order valence-electron chi connectivity index (χ0n) is 18.8. The maximum Gasteiger partial charge on any atom is 0.252 e. The van der Waals surface area contributed by atoms with Crippen LogP contribution < -0.4 is 10.2 Å². The highest BCUT2D eigenvalue weighted by molar-refractivity contribution is 7.10. The Morgan fingerprint density at radius 3 is 2.60 bits per heavy atom. The van der Waals surface area contributed by atoms with Crippen molar-refractivity contribution in [3.63, 3.8) is 0 Å². The van der Waals surface area contributed by atoms with Gasteiger partial charge < -0.3 is 15.0 Å². The van der Waals surface area contributed by atoms with Gasteiger partial charge in [-0.2, -0.15) is 0 Å². The van der Waals surface area contributed by atoms with Crippen LogP contribution in [0.1, 0.15) is 72.2 Å². The Labute approximate surface area is 183 Å². The Hall–Kier alpha value is -1.99. The summed E-state index contributed by atoms with van der Waals surface area (Å²) in [6.45, 7) is 14.3. The maximum atomic E-state index is 13.0. The van der Waals surface area contributed by atoms with E-state index in [1.54, 1.807) is 11.3 Å². The number of nitrogens with zero attached hydrogens (tertiary/aromatic N) is 3. The minimum Gasteiger partial charge on any atom is -0.372 e. The summed E-state index contributed by atoms with van der Waals surface area (Å²) in [7, 11) is 0. The van der Waals surface area contributed by atoms with Crippen molar-refractivity contribution in [2.45, 2.75) is 72.6 Å². The van der Waals surface area contributed by atoms with Gasteiger partial charge in [0.1, 0.15) is 0 Å². The summed E-state index contributed by atoms with van der Waals surface area (Å²) in [5.41, 5.74) is 3.99. The molecular weight excluding hydrogens is 396 g/mol. The highest BCUT2D eigenvalue weighted by Crippen LogP contribution is 2.40. The van der Waals surface area contributed by atoms with Gasteiger partial charge in [0, 0.05) is 35.1 Å². The third-order valence-corrected chi connectivity index (χ3v) is 7.22. The molecule has 1 aliphatic heterocycles. The second kappa shape index (κ2) is 7.93. The molecule has 2 aliphatic rings. The zero-order valence-corrected chi connectivity index (χ0v) is 19.6. The van der Waals surface area contributed by atoms with Crippen molar-refractivity contribution >= 4 is 23.2 Å². The molecule has 30 heavy (non-hydrogen) atoms. The van der Waals surface area contributed by atoms with Gasteiger partial charge in [-0.3, -0.25) is 4.79 Å². The number of carbonyl (C=O) groups excluding carboxylic acids is 1. The molecule has 162 valence electrons. The van der Waals surface area contributed by atoms with E-state index < -0.39 is 0 Å². The first-order chi connectivity index (χ1) is 14.1. The van der Waals surface area contributed by atoms with Crippen LogP contribution in [0.25, 0.3) is 0 Å². The van der Waals surface area contributed by atoms with Gasteiger partial charge in [0.2, 0.25) is 5.95 Å². The first-order valence-electron chi connectivity index (χ1n) is 10.7. The van der Waals surface area contributed by atoms with Gasteiger partial charge in [-0.05, 0) is 51.5 Å². The molecule has 1 amide bonds. The molecule has 0 radical (unpaired) electrons. The van der Waals surface area contributed by atoms with Gasteiger partial charge >= 0.3 is 0 Å². The standard InChI is InChI=1S/C23H32N4O2S/c1-13-10-27(11-14(2)29-13)22-24-9-17-19(7-23(5,6)8-20(17)26-22)25-21(28)18-12-30-16(4)15(18)3/h9,12-14,19H,7-8,10-11H2,1-6H3,(H,25,28). The van der Waals surface area contributed by atoms with Crippen LogP contribution in [0.4, 0.5) is 5.95 Å². The predicted octanol–water partition coefficient (Wildman–Crippen LogP) is 4.21. The number of carbonyl (C=O) groups is 1. The van der Waals surface area contributed by atoms with Gasteiger partial charge in [0.05, 0.1) is 29.5 Å². The average Bonchev–Trinajstić information content (AvgIpc) is 2.98. The van der Waals surface area contributed by atoms with Gasteiger partial charge in [-0.1, -0.05) is 13.8 Å². The number of aromatic nitrogens is 2. The van der Waals surface area contributed by atoms with E-state index >= 15 is 0 Å². The molecule has 7 heteroatoms. The first kappa shape index (κ1) is 21.2. The summed E-state index contributed by atoms with van der Waals surface area (Å²) < 4.78 is 5.85. The Kier molecular flexibility index (Phi) is 5.62. The molecular formula is C23H32N4O2S. The minimum atomic E-state index is -0.0764. The van der Waals surface area contributed by atoms with E-state index in [0.29, 0.717) is 0 Å². The van der Waals surface area contributed by atoms with Crippen molar-refractivity contribution in [1.29, 1.82) is 0 Å². The zero-order chi connectivity index (χ0) is 21.6. The summed E-state index contributed by atoms with van der Waals surface area (Å²) in [6.07, 6.45) is 4.01. The molecule has 2 aromatic heterocycles. The molecule has 0 bridgehead atoms. The molecule has 4 rings (SSSR count). The van der Waals surface area contributed by atoms with Crippen LogP contribution in [0.2, 0.25) is 0 Å². The largest absolute Gasteiger partial charge is 0.372 e. The molecule has 3 heterocycles. The Bertz CT molecular complexity index is 945. The fourth-order valence-electron chi connectivity index (χ4n) is 4.63. The summed E-state index contributed by atoms with van der Waals surface area (Å²) in [6, 6.07) is -0.0764. The number of nitrogens with one attached hydrogen (secondary N) is 1. The molecule has 3 atom stereocenters. The number of ether oxygens (including phenoxy) is 1. The van der Waals surface area contributed by atoms with Crippen molar-refractivity contribution in [2.75, 3.05) is 18.0 Å². The lowest BCUT2D eigenvalue weighted by atomic mass is 9.74. The lowest BCUT2D eigenvalue weighted by Crippen LogP contribution is -2.46. The van der Waals surface area contributed by atoms with Crippen LogP contribution in [-0.2, 0) is 11.2 Å². The van der Waals surface area contributed by atoms with Gasteiger partial charge in [0.25, 0.3) is 5.91 Å². The van der Waals surface area contributed by atoms with E-state index in [-0.39, 0.29) is 29.6 Å². The highest BCUT2D eigenvalue weighted by atomic mass is 32.1. The summed E-state index contributed by atoms with van der Waals surface area (Å²) in [5.74, 6) is 0.758. The van der Waals surface area contributed by atoms with Crippen molar-refractivity contribution in [2.24, 2.45) is 5.41 Å². The van der Waals surface area contributed by atoms with E-state index in [1.807, 2.05) is 18.5 Å². The van der Waals surface area contributed by atoms with Crippen molar-refractivity contribution in [3.8, 4) is 0 Å². The van der Waals surface area contributed by atoms with Crippen molar-refractivity contribution in [3.05, 3.63) is 38.8 Å². The van der Waals surface area contributed by atoms with E-state index in [0.717, 1.165) is 54.3 Å². The normalized spacial score (nSPS) is 25.7. The minimum absolute atomic E-state index is 0.00888. The Morgan fingerprint density at radius 2 is 1.97 bits per heavy atom. The van der Waals surface area contributed by atoms with Crippen molar-refractivity contribution in [1.82, 2.24) is 15.3 Å². The fourth-order valence-corrected chi connectivity index (χ4v) is 5.50. The van der Waals surface area contributed by atoms with Crippen LogP contribution in [-0.4, -0.2) is 41.2 Å². The van der Waals surface area contributed by atoms with Crippen LogP contribution >= 0.6 is 11.3 Å². The number of amides is 1. The number of rotatable bonds is 3. The van der Waals surface area contributed by atoms with Crippen LogP contribution in [0.15, 0.2) is 11.6 Å². The quantitative estimate of drug-likeness (QED) is 0.793.